The van der Waals surface area contributed by atoms with Crippen molar-refractivity contribution in [2.75, 3.05) is 13.1 Å². The Balaban J connectivity index is 1.07. The second-order valence-corrected chi connectivity index (χ2v) is 19.9. The molecule has 1 unspecified atom stereocenters. The highest BCUT2D eigenvalue weighted by atomic mass is 35.5. The van der Waals surface area contributed by atoms with Crippen LogP contribution in [0.25, 0.3) is 0 Å². The van der Waals surface area contributed by atoms with Crippen LogP contribution >= 0.6 is 11.6 Å². The number of hydrogen-bond donors (Lipinski definition) is 0. The number of likely N-dealkylation sites (tertiary alicyclic amines) is 1. The molecule has 1 aromatic heterocycles. The lowest BCUT2D eigenvalue weighted by atomic mass is 9.82. The number of ether oxygens (including phenoxy) is 2. The van der Waals surface area contributed by atoms with Crippen LogP contribution in [0.3, 0.4) is 0 Å². The van der Waals surface area contributed by atoms with Crippen molar-refractivity contribution in [1.82, 2.24) is 14.5 Å². The number of imidazole rings is 1. The van der Waals surface area contributed by atoms with Gasteiger partial charge in [-0.05, 0) is 93.0 Å². The van der Waals surface area contributed by atoms with Crippen LogP contribution in [0.1, 0.15) is 86.7 Å². The second-order valence-electron chi connectivity index (χ2n) is 14.7. The average Bonchev–Trinajstić information content (AvgIpc) is 3.51. The van der Waals surface area contributed by atoms with Gasteiger partial charge in [0, 0.05) is 30.2 Å². The third kappa shape index (κ3) is 6.46. The number of aldehydes is 1. The molecular formula is C35H45ClFN3O4Si. The first kappa shape index (κ1) is 32.2. The maximum absolute atomic E-state index is 14.8. The first-order valence-corrected chi connectivity index (χ1v) is 19.4. The zero-order valence-corrected chi connectivity index (χ0v) is 29.0. The summed E-state index contributed by atoms with van der Waals surface area (Å²) in [5.74, 6) is 1.32. The lowest BCUT2D eigenvalue weighted by Crippen LogP contribution is -2.48. The summed E-state index contributed by atoms with van der Waals surface area (Å²) in [5.41, 5.74) is 2.05. The summed E-state index contributed by atoms with van der Waals surface area (Å²) < 4.78 is 36.1. The summed E-state index contributed by atoms with van der Waals surface area (Å²) in [7, 11) is -1.78. The highest BCUT2D eigenvalue weighted by Gasteiger charge is 2.44. The Morgan fingerprint density at radius 2 is 1.89 bits per heavy atom. The fourth-order valence-electron chi connectivity index (χ4n) is 6.67. The van der Waals surface area contributed by atoms with Crippen LogP contribution in [-0.2, 0) is 23.3 Å². The Hall–Kier alpha value is -2.72. The van der Waals surface area contributed by atoms with Crippen LogP contribution < -0.4 is 9.47 Å². The van der Waals surface area contributed by atoms with E-state index in [2.05, 4.69) is 54.4 Å². The first-order valence-electron chi connectivity index (χ1n) is 16.1. The van der Waals surface area contributed by atoms with Crippen molar-refractivity contribution < 1.29 is 23.1 Å². The highest BCUT2D eigenvalue weighted by molar-refractivity contribution is 6.74. The minimum Gasteiger partial charge on any atom is -0.444 e. The van der Waals surface area contributed by atoms with Gasteiger partial charge in [0.05, 0.1) is 18.3 Å². The van der Waals surface area contributed by atoms with E-state index in [4.69, 9.17) is 25.5 Å². The Kier molecular flexibility index (Phi) is 8.69. The van der Waals surface area contributed by atoms with E-state index >= 15 is 0 Å². The molecule has 7 nitrogen and oxygen atoms in total. The third-order valence-electron chi connectivity index (χ3n) is 10.4. The van der Waals surface area contributed by atoms with Crippen molar-refractivity contribution in [2.24, 2.45) is 5.92 Å². The lowest BCUT2D eigenvalue weighted by molar-refractivity contribution is -0.0712. The van der Waals surface area contributed by atoms with Gasteiger partial charge in [0.15, 0.2) is 26.1 Å². The predicted octanol–water partition coefficient (Wildman–Crippen LogP) is 8.31. The summed E-state index contributed by atoms with van der Waals surface area (Å²) in [6, 6.07) is 10.5. The number of rotatable bonds is 9. The average molecular weight is 654 g/mol. The summed E-state index contributed by atoms with van der Waals surface area (Å²) >= 11 is 5.98. The number of carbonyl (C=O) groups is 1. The quantitative estimate of drug-likeness (QED) is 0.171. The number of para-hydroxylation sites is 1. The Labute approximate surface area is 272 Å². The maximum atomic E-state index is 14.8. The number of hydrogen-bond acceptors (Lipinski definition) is 6. The number of fused-ring (bicyclic) bond motifs is 1. The lowest BCUT2D eigenvalue weighted by Gasteiger charge is -2.45. The van der Waals surface area contributed by atoms with E-state index in [1.165, 1.54) is 6.07 Å². The molecule has 45 heavy (non-hydrogen) atoms. The van der Waals surface area contributed by atoms with Gasteiger partial charge in [-0.15, -0.1) is 0 Å². The van der Waals surface area contributed by atoms with Gasteiger partial charge < -0.3 is 18.5 Å². The van der Waals surface area contributed by atoms with Gasteiger partial charge in [0.1, 0.15) is 17.3 Å². The van der Waals surface area contributed by atoms with Crippen LogP contribution in [0.2, 0.25) is 23.2 Å². The van der Waals surface area contributed by atoms with E-state index < -0.39 is 19.9 Å². The van der Waals surface area contributed by atoms with Crippen molar-refractivity contribution in [2.45, 2.75) is 102 Å². The minimum atomic E-state index is -1.78. The number of halogens is 2. The van der Waals surface area contributed by atoms with Gasteiger partial charge >= 0.3 is 0 Å². The molecule has 0 bridgehead atoms. The van der Waals surface area contributed by atoms with Crippen molar-refractivity contribution in [3.8, 4) is 11.5 Å². The summed E-state index contributed by atoms with van der Waals surface area (Å²) in [6.45, 7) is 16.5. The standard InChI is InChI=1S/C35H45ClFN3O4Si/c1-34(2,3)45(5,6)44-27-16-23(17-27)20-40-26(22-41)19-38-32(40)21-39-14-12-24(13-15-39)28-8-7-9-31-33(28)43-35(4,42-31)29-11-10-25(36)18-30(29)37/h7-11,18-19,22-24,27H,12-17,20-21H2,1-6H3. The predicted molar refractivity (Wildman–Crippen MR) is 176 cm³/mol. The molecular weight excluding hydrogens is 609 g/mol. The van der Waals surface area contributed by atoms with Crippen LogP contribution in [-0.4, -0.2) is 48.2 Å². The normalized spacial score (nSPS) is 24.1. The number of benzene rings is 2. The fraction of sp³-hybridized carbons (Fsp3) is 0.543. The second kappa shape index (κ2) is 12.1. The van der Waals surface area contributed by atoms with Crippen LogP contribution in [0.15, 0.2) is 42.6 Å². The van der Waals surface area contributed by atoms with Crippen LogP contribution in [0.5, 0.6) is 11.5 Å². The van der Waals surface area contributed by atoms with Gasteiger partial charge in [-0.25, -0.2) is 9.37 Å². The topological polar surface area (TPSA) is 65.8 Å². The van der Waals surface area contributed by atoms with E-state index in [9.17, 15) is 9.18 Å². The van der Waals surface area contributed by atoms with Gasteiger partial charge in [0.25, 0.3) is 5.79 Å². The van der Waals surface area contributed by atoms with E-state index in [1.807, 2.05) is 12.1 Å². The van der Waals surface area contributed by atoms with Gasteiger partial charge in [-0.3, -0.25) is 9.69 Å². The molecule has 2 aromatic carbocycles. The van der Waals surface area contributed by atoms with Crippen molar-refractivity contribution >= 4 is 26.2 Å². The number of piperidine rings is 1. The summed E-state index contributed by atoms with van der Waals surface area (Å²) in [4.78, 5) is 19.0. The maximum Gasteiger partial charge on any atom is 0.278 e. The molecule has 2 aliphatic heterocycles. The highest BCUT2D eigenvalue weighted by Crippen LogP contribution is 2.50. The zero-order chi connectivity index (χ0) is 32.1. The molecule has 0 N–H and O–H groups in total. The zero-order valence-electron chi connectivity index (χ0n) is 27.2. The van der Waals surface area contributed by atoms with E-state index in [1.54, 1.807) is 25.3 Å². The van der Waals surface area contributed by atoms with Crippen LogP contribution in [0, 0.1) is 11.7 Å². The molecule has 0 radical (unpaired) electrons. The third-order valence-corrected chi connectivity index (χ3v) is 15.2. The molecule has 1 saturated carbocycles. The minimum absolute atomic E-state index is 0.201. The van der Waals surface area contributed by atoms with E-state index in [-0.39, 0.29) is 11.0 Å². The summed E-state index contributed by atoms with van der Waals surface area (Å²) in [6.07, 6.45) is 6.91. The molecule has 1 saturated heterocycles. The largest absolute Gasteiger partial charge is 0.444 e. The monoisotopic (exact) mass is 653 g/mol. The molecule has 0 spiro atoms. The number of carbonyl (C=O) groups excluding carboxylic acids is 1. The first-order chi connectivity index (χ1) is 21.3. The molecule has 10 heteroatoms. The molecule has 1 aliphatic carbocycles. The van der Waals surface area contributed by atoms with Crippen molar-refractivity contribution in [1.29, 1.82) is 0 Å². The summed E-state index contributed by atoms with van der Waals surface area (Å²) in [5, 5.41) is 0.531. The van der Waals surface area contributed by atoms with Gasteiger partial charge in [-0.2, -0.15) is 0 Å². The van der Waals surface area contributed by atoms with Gasteiger partial charge in [0.2, 0.25) is 0 Å². The Bertz CT molecular complexity index is 1560. The number of nitrogens with zero attached hydrogens (tertiary/aromatic N) is 3. The van der Waals surface area contributed by atoms with Crippen molar-refractivity contribution in [3.63, 3.8) is 0 Å². The molecule has 3 aromatic rings. The Morgan fingerprint density at radius 1 is 1.16 bits per heavy atom. The Morgan fingerprint density at radius 3 is 2.56 bits per heavy atom. The van der Waals surface area contributed by atoms with Crippen LogP contribution in [0.4, 0.5) is 4.39 Å². The molecule has 2 fully saturated rings. The van der Waals surface area contributed by atoms with Gasteiger partial charge in [-0.1, -0.05) is 44.5 Å². The molecule has 242 valence electrons. The van der Waals surface area contributed by atoms with E-state index in [0.29, 0.717) is 46.3 Å². The molecule has 0 amide bonds. The smallest absolute Gasteiger partial charge is 0.278 e. The van der Waals surface area contributed by atoms with E-state index in [0.717, 1.165) is 63.0 Å². The SMILES string of the molecule is CC1(c2ccc(Cl)cc2F)Oc2cccc(C3CCN(Cc4ncc(C=O)n4CC4CC(O[Si](C)(C)C(C)(C)C)C4)CC3)c2O1. The number of aromatic nitrogens is 2. The fourth-order valence-corrected chi connectivity index (χ4v) is 8.21. The molecule has 6 rings (SSSR count). The molecule has 1 atom stereocenters. The molecule has 3 aliphatic rings. The molecule has 3 heterocycles. The van der Waals surface area contributed by atoms with Crippen molar-refractivity contribution in [3.05, 3.63) is 76.1 Å².